The van der Waals surface area contributed by atoms with Gasteiger partial charge in [0, 0.05) is 56.2 Å². The number of nitrogens with zero attached hydrogens (tertiary/aromatic N) is 3. The number of hydrogen-bond acceptors (Lipinski definition) is 4. The van der Waals surface area contributed by atoms with Crippen molar-refractivity contribution in [3.63, 3.8) is 0 Å². The molecule has 2 aromatic heterocycles. The third-order valence-corrected chi connectivity index (χ3v) is 4.58. The molecule has 5 heteroatoms. The molecule has 0 spiro atoms. The molecule has 0 amide bonds. The van der Waals surface area contributed by atoms with Crippen LogP contribution in [0.25, 0.3) is 22.2 Å². The van der Waals surface area contributed by atoms with E-state index >= 15 is 0 Å². The fourth-order valence-corrected chi connectivity index (χ4v) is 3.17. The minimum Gasteiger partial charge on any atom is -0.378 e. The normalized spacial score (nSPS) is 15.0. The van der Waals surface area contributed by atoms with E-state index in [2.05, 4.69) is 70.4 Å². The molecule has 5 nitrogen and oxygen atoms in total. The van der Waals surface area contributed by atoms with Crippen molar-refractivity contribution in [1.82, 2.24) is 9.97 Å². The zero-order valence-electron chi connectivity index (χ0n) is 14.1. The maximum absolute atomic E-state index is 5.46. The quantitative estimate of drug-likeness (QED) is 0.804. The Hall–Kier alpha value is -2.53. The molecule has 3 aromatic rings. The van der Waals surface area contributed by atoms with Crippen LogP contribution in [-0.2, 0) is 4.74 Å². The molecule has 24 heavy (non-hydrogen) atoms. The lowest BCUT2D eigenvalue weighted by Gasteiger charge is -2.28. The highest BCUT2D eigenvalue weighted by molar-refractivity contribution is 5.93. The predicted octanol–water partition coefficient (Wildman–Crippen LogP) is 3.13. The lowest BCUT2D eigenvalue weighted by molar-refractivity contribution is 0.123. The summed E-state index contributed by atoms with van der Waals surface area (Å²) in [6.07, 6.45) is 3.99. The number of aromatic nitrogens is 2. The molecule has 4 rings (SSSR count). The van der Waals surface area contributed by atoms with E-state index in [9.17, 15) is 0 Å². The second-order valence-corrected chi connectivity index (χ2v) is 6.33. The fourth-order valence-electron chi connectivity index (χ4n) is 3.17. The molecule has 0 aliphatic carbocycles. The van der Waals surface area contributed by atoms with Crippen LogP contribution in [0.1, 0.15) is 0 Å². The van der Waals surface area contributed by atoms with E-state index in [0.29, 0.717) is 0 Å². The zero-order valence-corrected chi connectivity index (χ0v) is 14.1. The minimum absolute atomic E-state index is 0.784. The summed E-state index contributed by atoms with van der Waals surface area (Å²) < 4.78 is 5.46. The predicted molar refractivity (Wildman–Crippen MR) is 98.9 cm³/mol. The number of hydrogen-bond donors (Lipinski definition) is 1. The van der Waals surface area contributed by atoms with E-state index in [1.807, 2.05) is 6.20 Å². The van der Waals surface area contributed by atoms with E-state index < -0.39 is 0 Å². The Balaban J connectivity index is 1.71. The SMILES string of the molecule is CN(C)c1ccc(-c2cnc3[nH]cc(N4CCOCC4)c3c2)cc1. The van der Waals surface area contributed by atoms with Gasteiger partial charge in [-0.3, -0.25) is 0 Å². The van der Waals surface area contributed by atoms with Crippen molar-refractivity contribution < 1.29 is 4.74 Å². The molecule has 0 bridgehead atoms. The summed E-state index contributed by atoms with van der Waals surface area (Å²) in [5.74, 6) is 0. The minimum atomic E-state index is 0.784. The van der Waals surface area contributed by atoms with Crippen LogP contribution in [0, 0.1) is 0 Å². The standard InChI is InChI=1S/C19H22N4O/c1-22(2)16-5-3-14(4-6-16)15-11-17-18(13-21-19(17)20-12-15)23-7-9-24-10-8-23/h3-6,11-13H,7-10H2,1-2H3,(H,20,21). The number of benzene rings is 1. The van der Waals surface area contributed by atoms with Crippen LogP contribution in [0.4, 0.5) is 11.4 Å². The number of nitrogens with one attached hydrogen (secondary N) is 1. The third kappa shape index (κ3) is 2.71. The molecule has 1 saturated heterocycles. The van der Waals surface area contributed by atoms with Gasteiger partial charge in [-0.2, -0.15) is 0 Å². The molecule has 1 fully saturated rings. The summed E-state index contributed by atoms with van der Waals surface area (Å²) >= 11 is 0. The molecular formula is C19H22N4O. The summed E-state index contributed by atoms with van der Waals surface area (Å²) in [7, 11) is 4.11. The van der Waals surface area contributed by atoms with Gasteiger partial charge in [0.05, 0.1) is 18.9 Å². The second kappa shape index (κ2) is 6.17. The van der Waals surface area contributed by atoms with Gasteiger partial charge in [-0.15, -0.1) is 0 Å². The highest BCUT2D eigenvalue weighted by Gasteiger charge is 2.16. The molecule has 124 valence electrons. The highest BCUT2D eigenvalue weighted by Crippen LogP contribution is 2.30. The van der Waals surface area contributed by atoms with Crippen LogP contribution >= 0.6 is 0 Å². The van der Waals surface area contributed by atoms with E-state index in [-0.39, 0.29) is 0 Å². The number of morpholine rings is 1. The van der Waals surface area contributed by atoms with Gasteiger partial charge in [0.1, 0.15) is 5.65 Å². The third-order valence-electron chi connectivity index (χ3n) is 4.58. The van der Waals surface area contributed by atoms with Gasteiger partial charge in [0.2, 0.25) is 0 Å². The van der Waals surface area contributed by atoms with Crippen molar-refractivity contribution in [3.05, 3.63) is 42.7 Å². The van der Waals surface area contributed by atoms with Crippen molar-refractivity contribution in [3.8, 4) is 11.1 Å². The van der Waals surface area contributed by atoms with Gasteiger partial charge in [-0.25, -0.2) is 4.98 Å². The largest absolute Gasteiger partial charge is 0.378 e. The Morgan fingerprint density at radius 2 is 1.83 bits per heavy atom. The van der Waals surface area contributed by atoms with E-state index in [1.165, 1.54) is 22.3 Å². The van der Waals surface area contributed by atoms with Crippen molar-refractivity contribution in [2.24, 2.45) is 0 Å². The summed E-state index contributed by atoms with van der Waals surface area (Å²) in [5, 5.41) is 1.17. The smallest absolute Gasteiger partial charge is 0.139 e. The molecule has 0 saturated carbocycles. The molecule has 0 unspecified atom stereocenters. The maximum Gasteiger partial charge on any atom is 0.139 e. The second-order valence-electron chi connectivity index (χ2n) is 6.33. The molecule has 3 heterocycles. The average molecular weight is 322 g/mol. The van der Waals surface area contributed by atoms with E-state index in [0.717, 1.165) is 37.5 Å². The Morgan fingerprint density at radius 1 is 1.08 bits per heavy atom. The number of ether oxygens (including phenoxy) is 1. The summed E-state index contributed by atoms with van der Waals surface area (Å²) in [4.78, 5) is 12.4. The van der Waals surface area contributed by atoms with Crippen LogP contribution < -0.4 is 9.80 Å². The summed E-state index contributed by atoms with van der Waals surface area (Å²) in [6.45, 7) is 3.42. The van der Waals surface area contributed by atoms with Crippen LogP contribution in [0.15, 0.2) is 42.7 Å². The molecule has 0 radical (unpaired) electrons. The molecular weight excluding hydrogens is 300 g/mol. The topological polar surface area (TPSA) is 44.4 Å². The number of fused-ring (bicyclic) bond motifs is 1. The Kier molecular flexibility index (Phi) is 3.86. The first-order valence-corrected chi connectivity index (χ1v) is 8.30. The van der Waals surface area contributed by atoms with Crippen molar-refractivity contribution >= 4 is 22.4 Å². The first kappa shape index (κ1) is 15.0. The number of rotatable bonds is 3. The Labute approximate surface area is 141 Å². The average Bonchev–Trinajstić information content (AvgIpc) is 3.05. The van der Waals surface area contributed by atoms with Gasteiger partial charge in [0.25, 0.3) is 0 Å². The summed E-state index contributed by atoms with van der Waals surface area (Å²) in [6, 6.07) is 10.8. The van der Waals surface area contributed by atoms with Gasteiger partial charge >= 0.3 is 0 Å². The zero-order chi connectivity index (χ0) is 16.5. The lowest BCUT2D eigenvalue weighted by Crippen LogP contribution is -2.36. The van der Waals surface area contributed by atoms with Crippen LogP contribution in [0.3, 0.4) is 0 Å². The van der Waals surface area contributed by atoms with E-state index in [4.69, 9.17) is 4.74 Å². The van der Waals surface area contributed by atoms with Gasteiger partial charge < -0.3 is 19.5 Å². The molecule has 1 aliphatic heterocycles. The number of H-pyrrole nitrogens is 1. The van der Waals surface area contributed by atoms with Crippen LogP contribution in [-0.4, -0.2) is 50.4 Å². The Bertz CT molecular complexity index is 832. The van der Waals surface area contributed by atoms with Gasteiger partial charge in [0.15, 0.2) is 0 Å². The van der Waals surface area contributed by atoms with Gasteiger partial charge in [-0.1, -0.05) is 12.1 Å². The van der Waals surface area contributed by atoms with Crippen molar-refractivity contribution in [2.75, 3.05) is 50.2 Å². The van der Waals surface area contributed by atoms with Crippen molar-refractivity contribution in [2.45, 2.75) is 0 Å². The molecule has 1 N–H and O–H groups in total. The number of anilines is 2. The van der Waals surface area contributed by atoms with Crippen molar-refractivity contribution in [1.29, 1.82) is 0 Å². The number of pyridine rings is 1. The first-order chi connectivity index (χ1) is 11.7. The molecule has 0 atom stereocenters. The number of aromatic amines is 1. The van der Waals surface area contributed by atoms with Crippen LogP contribution in [0.2, 0.25) is 0 Å². The fraction of sp³-hybridized carbons (Fsp3) is 0.316. The highest BCUT2D eigenvalue weighted by atomic mass is 16.5. The van der Waals surface area contributed by atoms with E-state index in [1.54, 1.807) is 0 Å². The summed E-state index contributed by atoms with van der Waals surface area (Å²) in [5.41, 5.74) is 5.67. The Morgan fingerprint density at radius 3 is 2.54 bits per heavy atom. The monoisotopic (exact) mass is 322 g/mol. The lowest BCUT2D eigenvalue weighted by atomic mass is 10.1. The molecule has 1 aliphatic rings. The van der Waals surface area contributed by atoms with Gasteiger partial charge in [-0.05, 0) is 23.8 Å². The van der Waals surface area contributed by atoms with Crippen LogP contribution in [0.5, 0.6) is 0 Å². The first-order valence-electron chi connectivity index (χ1n) is 8.30. The molecule has 1 aromatic carbocycles. The maximum atomic E-state index is 5.46.